The third kappa shape index (κ3) is 6.03. The van der Waals surface area contributed by atoms with Crippen molar-refractivity contribution in [2.45, 2.75) is 107 Å². The summed E-state index contributed by atoms with van der Waals surface area (Å²) in [6.07, 6.45) is 14.0. The maximum Gasteiger partial charge on any atom is 0.100 e. The summed E-state index contributed by atoms with van der Waals surface area (Å²) in [7, 11) is 0.732. The van der Waals surface area contributed by atoms with Gasteiger partial charge in [-0.3, -0.25) is 0 Å². The molecule has 0 radical (unpaired) electrons. The lowest BCUT2D eigenvalue weighted by Gasteiger charge is -2.41. The molecule has 0 saturated heterocycles. The van der Waals surface area contributed by atoms with Crippen LogP contribution in [0.2, 0.25) is 0 Å². The van der Waals surface area contributed by atoms with Gasteiger partial charge in [-0.05, 0) is 74.2 Å². The first-order valence-corrected chi connectivity index (χ1v) is 16.0. The first kappa shape index (κ1) is 26.1. The van der Waals surface area contributed by atoms with Crippen LogP contribution in [0.25, 0.3) is 0 Å². The van der Waals surface area contributed by atoms with Crippen LogP contribution in [0, 0.1) is 0 Å². The molecule has 1 unspecified atom stereocenters. The summed E-state index contributed by atoms with van der Waals surface area (Å²) in [6, 6.07) is 20.1. The van der Waals surface area contributed by atoms with Crippen LogP contribution in [0.5, 0.6) is 0 Å². The highest BCUT2D eigenvalue weighted by Crippen LogP contribution is 2.56. The minimum Gasteiger partial charge on any atom is -0.242 e. The van der Waals surface area contributed by atoms with E-state index in [2.05, 4.69) is 86.7 Å². The molecule has 2 nitrogen and oxygen atoms in total. The predicted molar refractivity (Wildman–Crippen MR) is 151 cm³/mol. The molecular formula is C30H44NOPS. The Labute approximate surface area is 212 Å². The van der Waals surface area contributed by atoms with Crippen molar-refractivity contribution >= 4 is 24.2 Å². The minimum absolute atomic E-state index is 0.00893. The van der Waals surface area contributed by atoms with E-state index in [1.54, 1.807) is 5.30 Å². The second kappa shape index (κ2) is 11.8. The molecule has 2 atom stereocenters. The van der Waals surface area contributed by atoms with E-state index in [4.69, 9.17) is 0 Å². The number of hydrogen-bond acceptors (Lipinski definition) is 1. The number of benzene rings is 2. The molecule has 2 fully saturated rings. The summed E-state index contributed by atoms with van der Waals surface area (Å²) < 4.78 is 15.5. The maximum atomic E-state index is 13.7. The lowest BCUT2D eigenvalue weighted by molar-refractivity contribution is 0.441. The highest BCUT2D eigenvalue weighted by Gasteiger charge is 2.37. The molecular weight excluding hydrogens is 453 g/mol. The van der Waals surface area contributed by atoms with Crippen LogP contribution < -0.4 is 5.30 Å². The van der Waals surface area contributed by atoms with E-state index in [9.17, 15) is 4.21 Å². The summed E-state index contributed by atoms with van der Waals surface area (Å²) in [4.78, 5) is 0. The standard InChI is InChI=1S/C30H44NOPS/c1-30(2,3)34(32)31(4)29(24-16-8-5-9-17-24)27-22-14-15-23-28(27)33(25-18-10-6-11-19-25)26-20-12-7-13-21-26/h5,8-9,14-17,22-23,25-26,29H,6-7,10-13,18-21H2,1-4H3/t29-,34?/m1/s1. The number of hydrogen-bond donors (Lipinski definition) is 0. The second-order valence-electron chi connectivity index (χ2n) is 11.3. The summed E-state index contributed by atoms with van der Waals surface area (Å²) in [5.74, 6) is 0. The van der Waals surface area contributed by atoms with Crippen molar-refractivity contribution in [1.29, 1.82) is 0 Å². The van der Waals surface area contributed by atoms with Gasteiger partial charge in [-0.15, -0.1) is 0 Å². The van der Waals surface area contributed by atoms with Gasteiger partial charge in [0.15, 0.2) is 0 Å². The molecule has 2 aliphatic rings. The molecule has 0 amide bonds. The molecule has 0 spiro atoms. The van der Waals surface area contributed by atoms with Crippen molar-refractivity contribution in [2.24, 2.45) is 0 Å². The quantitative estimate of drug-likeness (QED) is 0.356. The molecule has 4 rings (SSSR count). The van der Waals surface area contributed by atoms with Crippen LogP contribution >= 0.6 is 7.92 Å². The Balaban J connectivity index is 1.82. The van der Waals surface area contributed by atoms with Crippen molar-refractivity contribution < 1.29 is 4.21 Å². The van der Waals surface area contributed by atoms with Gasteiger partial charge in [0.05, 0.1) is 10.8 Å². The summed E-state index contributed by atoms with van der Waals surface area (Å²) in [6.45, 7) is 6.26. The fourth-order valence-electron chi connectivity index (χ4n) is 6.11. The fourth-order valence-corrected chi connectivity index (χ4v) is 11.4. The zero-order valence-electron chi connectivity index (χ0n) is 21.7. The van der Waals surface area contributed by atoms with E-state index < -0.39 is 11.0 Å². The lowest BCUT2D eigenvalue weighted by atomic mass is 9.98. The van der Waals surface area contributed by atoms with Crippen LogP contribution in [-0.2, 0) is 11.0 Å². The molecule has 0 aromatic heterocycles. The van der Waals surface area contributed by atoms with Gasteiger partial charge in [0.1, 0.15) is 11.0 Å². The van der Waals surface area contributed by atoms with E-state index in [1.165, 1.54) is 75.3 Å². The highest BCUT2D eigenvalue weighted by atomic mass is 32.2. The molecule has 2 aromatic rings. The van der Waals surface area contributed by atoms with Crippen molar-refractivity contribution in [1.82, 2.24) is 4.31 Å². The molecule has 0 aliphatic heterocycles. The lowest BCUT2D eigenvalue weighted by Crippen LogP contribution is -2.39. The van der Waals surface area contributed by atoms with Gasteiger partial charge in [-0.1, -0.05) is 101 Å². The average molecular weight is 498 g/mol. The van der Waals surface area contributed by atoms with Crippen LogP contribution in [0.15, 0.2) is 54.6 Å². The topological polar surface area (TPSA) is 20.3 Å². The average Bonchev–Trinajstić information content (AvgIpc) is 2.86. The Morgan fingerprint density at radius 1 is 0.794 bits per heavy atom. The molecule has 34 heavy (non-hydrogen) atoms. The van der Waals surface area contributed by atoms with Crippen LogP contribution in [0.3, 0.4) is 0 Å². The van der Waals surface area contributed by atoms with Gasteiger partial charge >= 0.3 is 0 Å². The minimum atomic E-state index is -1.10. The first-order chi connectivity index (χ1) is 16.4. The molecule has 0 bridgehead atoms. The zero-order chi connectivity index (χ0) is 24.1. The predicted octanol–water partition coefficient (Wildman–Crippen LogP) is 7.94. The summed E-state index contributed by atoms with van der Waals surface area (Å²) in [5, 5.41) is 1.60. The molecule has 0 heterocycles. The molecule has 0 N–H and O–H groups in total. The summed E-state index contributed by atoms with van der Waals surface area (Å²) >= 11 is 0. The summed E-state index contributed by atoms with van der Waals surface area (Å²) in [5.41, 5.74) is 4.35. The SMILES string of the molecule is CN([C@H](c1ccccc1)c1ccccc1P(C1CCCCC1)C1CCCCC1)S(=O)C(C)(C)C. The van der Waals surface area contributed by atoms with Crippen LogP contribution in [-0.4, -0.2) is 31.6 Å². The Hall–Kier alpha value is -1.02. The van der Waals surface area contributed by atoms with E-state index >= 15 is 0 Å². The number of nitrogens with zero attached hydrogens (tertiary/aromatic N) is 1. The van der Waals surface area contributed by atoms with Crippen molar-refractivity contribution in [2.75, 3.05) is 7.05 Å². The zero-order valence-corrected chi connectivity index (χ0v) is 23.4. The molecule has 2 saturated carbocycles. The van der Waals surface area contributed by atoms with Crippen molar-refractivity contribution in [3.8, 4) is 0 Å². The number of rotatable bonds is 7. The van der Waals surface area contributed by atoms with Gasteiger partial charge in [-0.25, -0.2) is 8.51 Å². The molecule has 2 aromatic carbocycles. The maximum absolute atomic E-state index is 13.7. The van der Waals surface area contributed by atoms with Gasteiger partial charge < -0.3 is 0 Å². The highest BCUT2D eigenvalue weighted by molar-refractivity contribution is 7.84. The van der Waals surface area contributed by atoms with E-state index in [1.807, 2.05) is 0 Å². The third-order valence-corrected chi connectivity index (χ3v) is 13.1. The smallest absolute Gasteiger partial charge is 0.100 e. The second-order valence-corrected chi connectivity index (χ2v) is 16.3. The van der Waals surface area contributed by atoms with E-state index in [0.29, 0.717) is 0 Å². The monoisotopic (exact) mass is 497 g/mol. The Morgan fingerprint density at radius 3 is 1.82 bits per heavy atom. The van der Waals surface area contributed by atoms with E-state index in [-0.39, 0.29) is 18.7 Å². The molecule has 186 valence electrons. The van der Waals surface area contributed by atoms with Gasteiger partial charge in [0.25, 0.3) is 0 Å². The normalized spacial score (nSPS) is 20.5. The van der Waals surface area contributed by atoms with Gasteiger partial charge in [-0.2, -0.15) is 0 Å². The largest absolute Gasteiger partial charge is 0.242 e. The van der Waals surface area contributed by atoms with Crippen molar-refractivity contribution in [3.05, 3.63) is 65.7 Å². The van der Waals surface area contributed by atoms with Crippen LogP contribution in [0.4, 0.5) is 0 Å². The third-order valence-electron chi connectivity index (χ3n) is 7.71. The van der Waals surface area contributed by atoms with Gasteiger partial charge in [0.2, 0.25) is 0 Å². The van der Waals surface area contributed by atoms with Gasteiger partial charge in [0, 0.05) is 7.05 Å². The van der Waals surface area contributed by atoms with Crippen LogP contribution in [0.1, 0.15) is 102 Å². The molecule has 4 heteroatoms. The van der Waals surface area contributed by atoms with E-state index in [0.717, 1.165) is 11.3 Å². The Kier molecular flexibility index (Phi) is 9.05. The fraction of sp³-hybridized carbons (Fsp3) is 0.600. The Bertz CT molecular complexity index is 910. The Morgan fingerprint density at radius 2 is 1.29 bits per heavy atom. The van der Waals surface area contributed by atoms with Crippen molar-refractivity contribution in [3.63, 3.8) is 0 Å². The first-order valence-electron chi connectivity index (χ1n) is 13.4. The molecule has 2 aliphatic carbocycles.